The molecule has 1 aliphatic rings. The van der Waals surface area contributed by atoms with E-state index in [2.05, 4.69) is 48.4 Å². The SMILES string of the molecule is CSc1ccc2nc(N3CCC(N(C)C)CC3)sc2c1. The number of anilines is 1. The predicted molar refractivity (Wildman–Crippen MR) is 90.3 cm³/mol. The van der Waals surface area contributed by atoms with E-state index in [1.54, 1.807) is 11.8 Å². The van der Waals surface area contributed by atoms with Crippen LogP contribution in [0.2, 0.25) is 0 Å². The Morgan fingerprint density at radius 3 is 2.70 bits per heavy atom. The van der Waals surface area contributed by atoms with Gasteiger partial charge >= 0.3 is 0 Å². The highest BCUT2D eigenvalue weighted by Crippen LogP contribution is 2.33. The minimum absolute atomic E-state index is 0.726. The predicted octanol–water partition coefficient (Wildman–Crippen LogP) is 3.55. The van der Waals surface area contributed by atoms with Gasteiger partial charge in [-0.15, -0.1) is 11.8 Å². The standard InChI is InChI=1S/C15H21N3S2/c1-17(2)11-6-8-18(9-7-11)15-16-13-5-4-12(19-3)10-14(13)20-15/h4-5,10-11H,6-9H2,1-3H3. The van der Waals surface area contributed by atoms with Crippen LogP contribution in [0.4, 0.5) is 5.13 Å². The second kappa shape index (κ2) is 5.92. The number of piperidine rings is 1. The molecule has 0 bridgehead atoms. The first-order valence-electron chi connectivity index (χ1n) is 7.03. The van der Waals surface area contributed by atoms with Crippen molar-refractivity contribution in [3.63, 3.8) is 0 Å². The van der Waals surface area contributed by atoms with Crippen LogP contribution in [-0.2, 0) is 0 Å². The molecule has 3 rings (SSSR count). The number of thiazole rings is 1. The van der Waals surface area contributed by atoms with Crippen molar-refractivity contribution in [2.45, 2.75) is 23.8 Å². The average molecular weight is 307 g/mol. The smallest absolute Gasteiger partial charge is 0.186 e. The molecule has 1 fully saturated rings. The van der Waals surface area contributed by atoms with Gasteiger partial charge in [0.25, 0.3) is 0 Å². The summed E-state index contributed by atoms with van der Waals surface area (Å²) in [7, 11) is 4.36. The monoisotopic (exact) mass is 307 g/mol. The highest BCUT2D eigenvalue weighted by atomic mass is 32.2. The third-order valence-electron chi connectivity index (χ3n) is 4.05. The molecule has 0 saturated carbocycles. The topological polar surface area (TPSA) is 19.4 Å². The lowest BCUT2D eigenvalue weighted by Gasteiger charge is -2.34. The van der Waals surface area contributed by atoms with Gasteiger partial charge in [-0.25, -0.2) is 4.98 Å². The fourth-order valence-electron chi connectivity index (χ4n) is 2.73. The first-order valence-corrected chi connectivity index (χ1v) is 9.07. The van der Waals surface area contributed by atoms with Gasteiger partial charge in [-0.05, 0) is 51.4 Å². The van der Waals surface area contributed by atoms with Gasteiger partial charge in [0.15, 0.2) is 5.13 Å². The summed E-state index contributed by atoms with van der Waals surface area (Å²) in [6, 6.07) is 7.29. The van der Waals surface area contributed by atoms with Crippen molar-refractivity contribution < 1.29 is 0 Å². The van der Waals surface area contributed by atoms with Crippen LogP contribution < -0.4 is 4.90 Å². The van der Waals surface area contributed by atoms with Gasteiger partial charge in [-0.1, -0.05) is 11.3 Å². The van der Waals surface area contributed by atoms with Crippen LogP contribution in [-0.4, -0.2) is 49.4 Å². The highest BCUT2D eigenvalue weighted by Gasteiger charge is 2.22. The van der Waals surface area contributed by atoms with E-state index >= 15 is 0 Å². The second-order valence-corrected chi connectivity index (χ2v) is 7.40. The van der Waals surface area contributed by atoms with E-state index in [-0.39, 0.29) is 0 Å². The fourth-order valence-corrected chi connectivity index (χ4v) is 4.30. The number of fused-ring (bicyclic) bond motifs is 1. The van der Waals surface area contributed by atoms with Crippen molar-refractivity contribution in [1.82, 2.24) is 9.88 Å². The molecular formula is C15H21N3S2. The summed E-state index contributed by atoms with van der Waals surface area (Å²) in [5.41, 5.74) is 1.14. The third kappa shape index (κ3) is 2.80. The zero-order chi connectivity index (χ0) is 14.1. The Bertz CT molecular complexity index is 586. The molecule has 0 radical (unpaired) electrons. The zero-order valence-corrected chi connectivity index (χ0v) is 13.9. The quantitative estimate of drug-likeness (QED) is 0.807. The minimum atomic E-state index is 0.726. The van der Waals surface area contributed by atoms with Gasteiger partial charge in [0.2, 0.25) is 0 Å². The largest absolute Gasteiger partial charge is 0.348 e. The molecule has 1 aromatic carbocycles. The lowest BCUT2D eigenvalue weighted by Crippen LogP contribution is -2.41. The molecule has 2 heterocycles. The van der Waals surface area contributed by atoms with Crippen LogP contribution in [0.1, 0.15) is 12.8 Å². The Morgan fingerprint density at radius 2 is 2.05 bits per heavy atom. The van der Waals surface area contributed by atoms with Gasteiger partial charge < -0.3 is 9.80 Å². The van der Waals surface area contributed by atoms with E-state index in [0.29, 0.717) is 0 Å². The van der Waals surface area contributed by atoms with Crippen molar-refractivity contribution in [3.8, 4) is 0 Å². The normalized spacial score (nSPS) is 17.3. The molecule has 0 amide bonds. The molecule has 0 aliphatic carbocycles. The Kier molecular flexibility index (Phi) is 4.19. The van der Waals surface area contributed by atoms with Crippen LogP contribution in [0.3, 0.4) is 0 Å². The lowest BCUT2D eigenvalue weighted by molar-refractivity contribution is 0.249. The van der Waals surface area contributed by atoms with Crippen molar-refractivity contribution in [1.29, 1.82) is 0 Å². The molecule has 0 spiro atoms. The third-order valence-corrected chi connectivity index (χ3v) is 5.85. The van der Waals surface area contributed by atoms with Gasteiger partial charge in [0.05, 0.1) is 10.2 Å². The Hall–Kier alpha value is -0.780. The van der Waals surface area contributed by atoms with E-state index < -0.39 is 0 Å². The molecule has 0 N–H and O–H groups in total. The van der Waals surface area contributed by atoms with Crippen molar-refractivity contribution >= 4 is 38.4 Å². The summed E-state index contributed by atoms with van der Waals surface area (Å²) >= 11 is 3.62. The maximum absolute atomic E-state index is 4.80. The Balaban J connectivity index is 1.78. The van der Waals surface area contributed by atoms with Crippen LogP contribution in [0.25, 0.3) is 10.2 Å². The summed E-state index contributed by atoms with van der Waals surface area (Å²) in [6.45, 7) is 2.25. The molecule has 3 nitrogen and oxygen atoms in total. The van der Waals surface area contributed by atoms with Crippen LogP contribution in [0.15, 0.2) is 23.1 Å². The maximum atomic E-state index is 4.80. The lowest BCUT2D eigenvalue weighted by atomic mass is 10.0. The van der Waals surface area contributed by atoms with E-state index in [1.807, 2.05) is 11.3 Å². The number of rotatable bonds is 3. The van der Waals surface area contributed by atoms with Crippen LogP contribution >= 0.6 is 23.1 Å². The zero-order valence-electron chi connectivity index (χ0n) is 12.3. The Labute approximate surface area is 129 Å². The van der Waals surface area contributed by atoms with E-state index in [0.717, 1.165) is 24.6 Å². The van der Waals surface area contributed by atoms with Crippen molar-refractivity contribution in [2.75, 3.05) is 38.3 Å². The molecule has 0 unspecified atom stereocenters. The summed E-state index contributed by atoms with van der Waals surface area (Å²) in [5.74, 6) is 0. The van der Waals surface area contributed by atoms with E-state index in [9.17, 15) is 0 Å². The average Bonchev–Trinajstić information content (AvgIpc) is 2.90. The molecule has 108 valence electrons. The molecule has 0 atom stereocenters. The van der Waals surface area contributed by atoms with E-state index in [4.69, 9.17) is 4.98 Å². The summed E-state index contributed by atoms with van der Waals surface area (Å²) in [6.07, 6.45) is 4.59. The number of hydrogen-bond donors (Lipinski definition) is 0. The summed E-state index contributed by atoms with van der Waals surface area (Å²) < 4.78 is 1.31. The summed E-state index contributed by atoms with van der Waals surface area (Å²) in [5, 5.41) is 1.19. The first-order chi connectivity index (χ1) is 9.67. The fraction of sp³-hybridized carbons (Fsp3) is 0.533. The molecule has 5 heteroatoms. The van der Waals surface area contributed by atoms with Gasteiger partial charge in [0.1, 0.15) is 0 Å². The minimum Gasteiger partial charge on any atom is -0.348 e. The summed E-state index contributed by atoms with van der Waals surface area (Å²) in [4.78, 5) is 10.9. The molecule has 1 aliphatic heterocycles. The van der Waals surface area contributed by atoms with Gasteiger partial charge in [-0.2, -0.15) is 0 Å². The molecule has 2 aromatic rings. The Morgan fingerprint density at radius 1 is 1.30 bits per heavy atom. The van der Waals surface area contributed by atoms with Crippen LogP contribution in [0, 0.1) is 0 Å². The first kappa shape index (κ1) is 14.2. The van der Waals surface area contributed by atoms with Crippen LogP contribution in [0.5, 0.6) is 0 Å². The van der Waals surface area contributed by atoms with Gasteiger partial charge in [-0.3, -0.25) is 0 Å². The number of thioether (sulfide) groups is 1. The molecular weight excluding hydrogens is 286 g/mol. The maximum Gasteiger partial charge on any atom is 0.186 e. The second-order valence-electron chi connectivity index (χ2n) is 5.51. The number of nitrogens with zero attached hydrogens (tertiary/aromatic N) is 3. The van der Waals surface area contributed by atoms with E-state index in [1.165, 1.54) is 27.6 Å². The number of aromatic nitrogens is 1. The molecule has 1 saturated heterocycles. The number of hydrogen-bond acceptors (Lipinski definition) is 5. The van der Waals surface area contributed by atoms with Crippen molar-refractivity contribution in [3.05, 3.63) is 18.2 Å². The molecule has 1 aromatic heterocycles. The van der Waals surface area contributed by atoms with Crippen molar-refractivity contribution in [2.24, 2.45) is 0 Å². The van der Waals surface area contributed by atoms with Gasteiger partial charge in [0, 0.05) is 24.0 Å². The highest BCUT2D eigenvalue weighted by molar-refractivity contribution is 7.98. The molecule has 20 heavy (non-hydrogen) atoms. The number of benzene rings is 1.